The topological polar surface area (TPSA) is 66.7 Å². The molecule has 1 aromatic carbocycles. The van der Waals surface area contributed by atoms with Crippen LogP contribution in [-0.4, -0.2) is 24.6 Å². The van der Waals surface area contributed by atoms with E-state index in [0.29, 0.717) is 5.82 Å². The van der Waals surface area contributed by atoms with Gasteiger partial charge in [0.1, 0.15) is 12.4 Å². The SMILES string of the molecule is Cn1cnc2cc(-c3cnc(CO)[nH]3)ccc21. The van der Waals surface area contributed by atoms with Crippen molar-refractivity contribution in [1.29, 1.82) is 0 Å². The van der Waals surface area contributed by atoms with E-state index in [4.69, 9.17) is 5.11 Å². The second kappa shape index (κ2) is 3.71. The van der Waals surface area contributed by atoms with Crippen LogP contribution in [0.3, 0.4) is 0 Å². The van der Waals surface area contributed by atoms with Crippen molar-refractivity contribution in [2.24, 2.45) is 7.05 Å². The van der Waals surface area contributed by atoms with Gasteiger partial charge in [-0.15, -0.1) is 0 Å². The molecule has 0 bridgehead atoms. The zero-order chi connectivity index (χ0) is 11.8. The molecule has 5 heteroatoms. The molecule has 0 saturated carbocycles. The summed E-state index contributed by atoms with van der Waals surface area (Å²) in [6.45, 7) is -0.0775. The van der Waals surface area contributed by atoms with Gasteiger partial charge in [-0.1, -0.05) is 6.07 Å². The van der Waals surface area contributed by atoms with Crippen molar-refractivity contribution in [2.75, 3.05) is 0 Å². The Morgan fingerprint density at radius 3 is 3.00 bits per heavy atom. The Bertz CT molecular complexity index is 668. The molecule has 2 heterocycles. The zero-order valence-corrected chi connectivity index (χ0v) is 9.38. The van der Waals surface area contributed by atoms with Crippen LogP contribution in [0, 0.1) is 0 Å². The molecular weight excluding hydrogens is 216 g/mol. The highest BCUT2D eigenvalue weighted by molar-refractivity contribution is 5.81. The van der Waals surface area contributed by atoms with Crippen LogP contribution in [0.5, 0.6) is 0 Å². The second-order valence-electron chi connectivity index (χ2n) is 3.96. The van der Waals surface area contributed by atoms with E-state index >= 15 is 0 Å². The molecule has 2 aromatic heterocycles. The van der Waals surface area contributed by atoms with Gasteiger partial charge in [0.05, 0.1) is 29.3 Å². The predicted octanol–water partition coefficient (Wildman–Crippen LogP) is 1.46. The number of benzene rings is 1. The summed E-state index contributed by atoms with van der Waals surface area (Å²) in [5.41, 5.74) is 3.95. The van der Waals surface area contributed by atoms with E-state index in [-0.39, 0.29) is 6.61 Å². The van der Waals surface area contributed by atoms with Crippen molar-refractivity contribution >= 4 is 11.0 Å². The van der Waals surface area contributed by atoms with Gasteiger partial charge in [-0.25, -0.2) is 9.97 Å². The van der Waals surface area contributed by atoms with E-state index in [1.54, 1.807) is 12.5 Å². The Hall–Kier alpha value is -2.14. The standard InChI is InChI=1S/C12H12N4O/c1-16-7-14-9-4-8(2-3-11(9)16)10-5-13-12(6-17)15-10/h2-5,7,17H,6H2,1H3,(H,13,15). The average molecular weight is 228 g/mol. The normalized spacial score (nSPS) is 11.2. The number of H-pyrrole nitrogens is 1. The van der Waals surface area contributed by atoms with Crippen molar-refractivity contribution in [1.82, 2.24) is 19.5 Å². The molecule has 0 saturated heterocycles. The van der Waals surface area contributed by atoms with Gasteiger partial charge in [0.15, 0.2) is 0 Å². The first-order valence-corrected chi connectivity index (χ1v) is 5.34. The molecule has 3 rings (SSSR count). The summed E-state index contributed by atoms with van der Waals surface area (Å²) in [5, 5.41) is 8.96. The zero-order valence-electron chi connectivity index (χ0n) is 9.38. The van der Waals surface area contributed by atoms with Gasteiger partial charge in [0.25, 0.3) is 0 Å². The Kier molecular flexibility index (Phi) is 2.19. The first-order chi connectivity index (χ1) is 8.28. The van der Waals surface area contributed by atoms with Crippen LogP contribution in [0.15, 0.2) is 30.7 Å². The molecular formula is C12H12N4O. The highest BCUT2D eigenvalue weighted by Crippen LogP contribution is 2.22. The van der Waals surface area contributed by atoms with Gasteiger partial charge in [-0.05, 0) is 12.1 Å². The maximum absolute atomic E-state index is 8.96. The number of imidazole rings is 2. The Morgan fingerprint density at radius 1 is 1.35 bits per heavy atom. The summed E-state index contributed by atoms with van der Waals surface area (Å²) in [4.78, 5) is 11.4. The van der Waals surface area contributed by atoms with Crippen LogP contribution < -0.4 is 0 Å². The van der Waals surface area contributed by atoms with Gasteiger partial charge in [0.2, 0.25) is 0 Å². The van der Waals surface area contributed by atoms with Crippen molar-refractivity contribution in [2.45, 2.75) is 6.61 Å². The smallest absolute Gasteiger partial charge is 0.132 e. The molecule has 5 nitrogen and oxygen atoms in total. The lowest BCUT2D eigenvalue weighted by Crippen LogP contribution is -1.86. The minimum absolute atomic E-state index is 0.0775. The van der Waals surface area contributed by atoms with Crippen LogP contribution >= 0.6 is 0 Å². The lowest BCUT2D eigenvalue weighted by molar-refractivity contribution is 0.272. The van der Waals surface area contributed by atoms with Gasteiger partial charge in [-0.3, -0.25) is 0 Å². The van der Waals surface area contributed by atoms with Gasteiger partial charge in [-0.2, -0.15) is 0 Å². The number of aromatic amines is 1. The van der Waals surface area contributed by atoms with Crippen molar-refractivity contribution in [3.8, 4) is 11.3 Å². The molecule has 0 aliphatic heterocycles. The predicted molar refractivity (Wildman–Crippen MR) is 64.2 cm³/mol. The van der Waals surface area contributed by atoms with Crippen LogP contribution in [0.1, 0.15) is 5.82 Å². The van der Waals surface area contributed by atoms with E-state index in [1.807, 2.05) is 29.8 Å². The molecule has 0 amide bonds. The van der Waals surface area contributed by atoms with Crippen LogP contribution in [0.25, 0.3) is 22.3 Å². The number of nitrogens with one attached hydrogen (secondary N) is 1. The van der Waals surface area contributed by atoms with E-state index in [9.17, 15) is 0 Å². The molecule has 0 spiro atoms. The van der Waals surface area contributed by atoms with Crippen molar-refractivity contribution in [3.05, 3.63) is 36.5 Å². The lowest BCUT2D eigenvalue weighted by atomic mass is 10.1. The highest BCUT2D eigenvalue weighted by Gasteiger charge is 2.05. The number of fused-ring (bicyclic) bond motifs is 1. The fraction of sp³-hybridized carbons (Fsp3) is 0.167. The van der Waals surface area contributed by atoms with E-state index in [2.05, 4.69) is 15.0 Å². The molecule has 0 fully saturated rings. The number of aliphatic hydroxyl groups excluding tert-OH is 1. The Morgan fingerprint density at radius 2 is 2.24 bits per heavy atom. The van der Waals surface area contributed by atoms with E-state index < -0.39 is 0 Å². The summed E-state index contributed by atoms with van der Waals surface area (Å²) in [6, 6.07) is 6.04. The second-order valence-corrected chi connectivity index (χ2v) is 3.96. The van der Waals surface area contributed by atoms with Crippen molar-refractivity contribution in [3.63, 3.8) is 0 Å². The largest absolute Gasteiger partial charge is 0.388 e. The summed E-state index contributed by atoms with van der Waals surface area (Å²) < 4.78 is 1.98. The van der Waals surface area contributed by atoms with E-state index in [0.717, 1.165) is 22.3 Å². The molecule has 0 radical (unpaired) electrons. The molecule has 0 aliphatic rings. The minimum atomic E-state index is -0.0775. The third-order valence-corrected chi connectivity index (χ3v) is 2.81. The van der Waals surface area contributed by atoms with E-state index in [1.165, 1.54) is 0 Å². The summed E-state index contributed by atoms with van der Waals surface area (Å²) in [5.74, 6) is 0.570. The number of aryl methyl sites for hydroxylation is 1. The summed E-state index contributed by atoms with van der Waals surface area (Å²) in [6.07, 6.45) is 3.51. The third-order valence-electron chi connectivity index (χ3n) is 2.81. The van der Waals surface area contributed by atoms with Crippen LogP contribution in [-0.2, 0) is 13.7 Å². The molecule has 0 unspecified atom stereocenters. The number of nitrogens with zero attached hydrogens (tertiary/aromatic N) is 3. The number of aliphatic hydroxyl groups is 1. The summed E-state index contributed by atoms with van der Waals surface area (Å²) in [7, 11) is 1.97. The first kappa shape index (κ1) is 10.0. The highest BCUT2D eigenvalue weighted by atomic mass is 16.3. The molecule has 0 atom stereocenters. The maximum atomic E-state index is 8.96. The number of hydrogen-bond donors (Lipinski definition) is 2. The Labute approximate surface area is 97.8 Å². The van der Waals surface area contributed by atoms with Crippen LogP contribution in [0.2, 0.25) is 0 Å². The van der Waals surface area contributed by atoms with Crippen molar-refractivity contribution < 1.29 is 5.11 Å². The minimum Gasteiger partial charge on any atom is -0.388 e. The van der Waals surface area contributed by atoms with Gasteiger partial charge < -0.3 is 14.7 Å². The number of hydrogen-bond acceptors (Lipinski definition) is 3. The molecule has 2 N–H and O–H groups in total. The molecule has 17 heavy (non-hydrogen) atoms. The third kappa shape index (κ3) is 1.60. The monoisotopic (exact) mass is 228 g/mol. The number of rotatable bonds is 2. The summed E-state index contributed by atoms with van der Waals surface area (Å²) >= 11 is 0. The number of aromatic nitrogens is 4. The lowest BCUT2D eigenvalue weighted by Gasteiger charge is -1.98. The van der Waals surface area contributed by atoms with Gasteiger partial charge >= 0.3 is 0 Å². The Balaban J connectivity index is 2.11. The maximum Gasteiger partial charge on any atom is 0.132 e. The molecule has 3 aromatic rings. The van der Waals surface area contributed by atoms with Gasteiger partial charge in [0, 0.05) is 12.6 Å². The quantitative estimate of drug-likeness (QED) is 0.697. The first-order valence-electron chi connectivity index (χ1n) is 5.34. The fourth-order valence-corrected chi connectivity index (χ4v) is 1.89. The fourth-order valence-electron chi connectivity index (χ4n) is 1.89. The van der Waals surface area contributed by atoms with Crippen LogP contribution in [0.4, 0.5) is 0 Å². The average Bonchev–Trinajstić information content (AvgIpc) is 2.96. The molecule has 0 aliphatic carbocycles. The molecule has 86 valence electrons.